The van der Waals surface area contributed by atoms with E-state index in [0.29, 0.717) is 31.6 Å². The van der Waals surface area contributed by atoms with Crippen LogP contribution in [0.25, 0.3) is 0 Å². The standard InChI is InChI=1S/C13H22ClN3O2/c1-5-6-19-12-7-10(2)15-13(16-12)17(3)8-11(14)9-18-4/h7,11H,5-6,8-9H2,1-4H3. The zero-order valence-corrected chi connectivity index (χ0v) is 12.8. The zero-order valence-electron chi connectivity index (χ0n) is 12.0. The normalized spacial score (nSPS) is 12.3. The molecule has 108 valence electrons. The summed E-state index contributed by atoms with van der Waals surface area (Å²) in [5, 5.41) is -0.0980. The molecule has 1 aromatic rings. The minimum absolute atomic E-state index is 0.0980. The van der Waals surface area contributed by atoms with Crippen LogP contribution in [-0.2, 0) is 4.74 Å². The molecule has 0 aliphatic carbocycles. The fourth-order valence-electron chi connectivity index (χ4n) is 1.59. The third kappa shape index (κ3) is 5.61. The van der Waals surface area contributed by atoms with E-state index >= 15 is 0 Å². The SMILES string of the molecule is CCCOc1cc(C)nc(N(C)CC(Cl)COC)n1. The summed E-state index contributed by atoms with van der Waals surface area (Å²) in [5.41, 5.74) is 0.876. The third-order valence-corrected chi connectivity index (χ3v) is 2.70. The van der Waals surface area contributed by atoms with Crippen molar-refractivity contribution in [3.8, 4) is 5.88 Å². The lowest BCUT2D eigenvalue weighted by molar-refractivity contribution is 0.199. The Morgan fingerprint density at radius 1 is 1.42 bits per heavy atom. The first-order chi connectivity index (χ1) is 9.06. The molecular formula is C13H22ClN3O2. The van der Waals surface area contributed by atoms with E-state index in [1.807, 2.05) is 24.9 Å². The minimum Gasteiger partial charge on any atom is -0.478 e. The van der Waals surface area contributed by atoms with Crippen molar-refractivity contribution >= 4 is 17.5 Å². The van der Waals surface area contributed by atoms with Crippen LogP contribution in [0.5, 0.6) is 5.88 Å². The van der Waals surface area contributed by atoms with Crippen LogP contribution in [-0.4, -0.2) is 49.3 Å². The molecule has 6 heteroatoms. The maximum atomic E-state index is 6.14. The van der Waals surface area contributed by atoms with Gasteiger partial charge in [0.1, 0.15) is 0 Å². The van der Waals surface area contributed by atoms with Crippen molar-refractivity contribution in [2.75, 3.05) is 38.8 Å². The van der Waals surface area contributed by atoms with Crippen molar-refractivity contribution in [2.24, 2.45) is 0 Å². The van der Waals surface area contributed by atoms with Crippen LogP contribution >= 0.6 is 11.6 Å². The Hall–Kier alpha value is -1.07. The van der Waals surface area contributed by atoms with E-state index in [1.165, 1.54) is 0 Å². The van der Waals surface area contributed by atoms with Gasteiger partial charge in [-0.25, -0.2) is 4.98 Å². The summed E-state index contributed by atoms with van der Waals surface area (Å²) in [4.78, 5) is 10.7. The van der Waals surface area contributed by atoms with Gasteiger partial charge in [-0.1, -0.05) is 6.92 Å². The number of aromatic nitrogens is 2. The summed E-state index contributed by atoms with van der Waals surface area (Å²) >= 11 is 6.14. The number of ether oxygens (including phenoxy) is 2. The molecular weight excluding hydrogens is 266 g/mol. The number of alkyl halides is 1. The van der Waals surface area contributed by atoms with Gasteiger partial charge in [0, 0.05) is 32.5 Å². The molecule has 0 saturated carbocycles. The predicted molar refractivity (Wildman–Crippen MR) is 77.3 cm³/mol. The highest BCUT2D eigenvalue weighted by atomic mass is 35.5. The van der Waals surface area contributed by atoms with Crippen molar-refractivity contribution in [3.63, 3.8) is 0 Å². The van der Waals surface area contributed by atoms with Gasteiger partial charge in [0.2, 0.25) is 11.8 Å². The average Bonchev–Trinajstić information content (AvgIpc) is 2.36. The maximum Gasteiger partial charge on any atom is 0.228 e. The summed E-state index contributed by atoms with van der Waals surface area (Å²) in [5.74, 6) is 1.22. The molecule has 1 unspecified atom stereocenters. The van der Waals surface area contributed by atoms with Crippen molar-refractivity contribution in [2.45, 2.75) is 25.6 Å². The lowest BCUT2D eigenvalue weighted by Crippen LogP contribution is -2.30. The first-order valence-corrected chi connectivity index (χ1v) is 6.83. The van der Waals surface area contributed by atoms with Crippen LogP contribution in [0.2, 0.25) is 0 Å². The maximum absolute atomic E-state index is 6.14. The topological polar surface area (TPSA) is 47.5 Å². The van der Waals surface area contributed by atoms with Crippen LogP contribution in [0.1, 0.15) is 19.0 Å². The van der Waals surface area contributed by atoms with Gasteiger partial charge in [-0.3, -0.25) is 0 Å². The number of methoxy groups -OCH3 is 1. The molecule has 0 spiro atoms. The number of anilines is 1. The molecule has 0 aliphatic heterocycles. The summed E-state index contributed by atoms with van der Waals surface area (Å²) in [6.45, 7) is 5.75. The van der Waals surface area contributed by atoms with E-state index in [2.05, 4.69) is 16.9 Å². The molecule has 1 heterocycles. The molecule has 5 nitrogen and oxygen atoms in total. The van der Waals surface area contributed by atoms with Crippen LogP contribution in [0.4, 0.5) is 5.95 Å². The van der Waals surface area contributed by atoms with Gasteiger partial charge in [-0.2, -0.15) is 4.98 Å². The lowest BCUT2D eigenvalue weighted by atomic mass is 10.4. The quantitative estimate of drug-likeness (QED) is 0.687. The van der Waals surface area contributed by atoms with E-state index in [0.717, 1.165) is 12.1 Å². The van der Waals surface area contributed by atoms with Gasteiger partial charge in [-0.15, -0.1) is 11.6 Å². The molecule has 0 fully saturated rings. The second-order valence-electron chi connectivity index (χ2n) is 4.43. The van der Waals surface area contributed by atoms with E-state index in [9.17, 15) is 0 Å². The fourth-order valence-corrected chi connectivity index (χ4v) is 1.92. The molecule has 0 saturated heterocycles. The number of rotatable bonds is 8. The first-order valence-electron chi connectivity index (χ1n) is 6.39. The van der Waals surface area contributed by atoms with Gasteiger partial charge < -0.3 is 14.4 Å². The van der Waals surface area contributed by atoms with Crippen molar-refractivity contribution in [3.05, 3.63) is 11.8 Å². The Kier molecular flexibility index (Phi) is 6.87. The fraction of sp³-hybridized carbons (Fsp3) is 0.692. The van der Waals surface area contributed by atoms with Crippen LogP contribution < -0.4 is 9.64 Å². The van der Waals surface area contributed by atoms with E-state index < -0.39 is 0 Å². The number of nitrogens with zero attached hydrogens (tertiary/aromatic N) is 3. The summed E-state index contributed by atoms with van der Waals surface area (Å²) in [6.07, 6.45) is 0.950. The Labute approximate surface area is 119 Å². The summed E-state index contributed by atoms with van der Waals surface area (Å²) in [7, 11) is 3.54. The highest BCUT2D eigenvalue weighted by Gasteiger charge is 2.12. The van der Waals surface area contributed by atoms with Crippen molar-refractivity contribution in [1.82, 2.24) is 9.97 Å². The van der Waals surface area contributed by atoms with Crippen LogP contribution in [0.3, 0.4) is 0 Å². The summed E-state index contributed by atoms with van der Waals surface area (Å²) in [6, 6.07) is 1.83. The van der Waals surface area contributed by atoms with Gasteiger partial charge in [0.15, 0.2) is 0 Å². The number of hydrogen-bond donors (Lipinski definition) is 0. The number of halogens is 1. The highest BCUT2D eigenvalue weighted by molar-refractivity contribution is 6.21. The molecule has 0 aromatic carbocycles. The molecule has 0 N–H and O–H groups in total. The van der Waals surface area contributed by atoms with Crippen LogP contribution in [0.15, 0.2) is 6.07 Å². The largest absolute Gasteiger partial charge is 0.478 e. The molecule has 0 aliphatic rings. The predicted octanol–water partition coefficient (Wildman–Crippen LogP) is 2.26. The molecule has 19 heavy (non-hydrogen) atoms. The van der Waals surface area contributed by atoms with Gasteiger partial charge in [0.05, 0.1) is 18.6 Å². The second-order valence-corrected chi connectivity index (χ2v) is 5.05. The highest BCUT2D eigenvalue weighted by Crippen LogP contribution is 2.15. The first kappa shape index (κ1) is 16.0. The number of aryl methyl sites for hydroxylation is 1. The van der Waals surface area contributed by atoms with Crippen molar-refractivity contribution in [1.29, 1.82) is 0 Å². The van der Waals surface area contributed by atoms with Crippen LogP contribution in [0, 0.1) is 6.92 Å². The minimum atomic E-state index is -0.0980. The summed E-state index contributed by atoms with van der Waals surface area (Å²) < 4.78 is 10.6. The smallest absolute Gasteiger partial charge is 0.228 e. The van der Waals surface area contributed by atoms with E-state index in [1.54, 1.807) is 7.11 Å². The lowest BCUT2D eigenvalue weighted by Gasteiger charge is -2.20. The van der Waals surface area contributed by atoms with E-state index in [4.69, 9.17) is 21.1 Å². The van der Waals surface area contributed by atoms with Crippen molar-refractivity contribution < 1.29 is 9.47 Å². The van der Waals surface area contributed by atoms with Gasteiger partial charge >= 0.3 is 0 Å². The molecule has 0 bridgehead atoms. The van der Waals surface area contributed by atoms with Gasteiger partial charge in [-0.05, 0) is 13.3 Å². The Morgan fingerprint density at radius 2 is 2.16 bits per heavy atom. The van der Waals surface area contributed by atoms with E-state index in [-0.39, 0.29) is 5.38 Å². The molecule has 1 aromatic heterocycles. The Balaban J connectivity index is 2.72. The Bertz CT molecular complexity index is 390. The zero-order chi connectivity index (χ0) is 14.3. The third-order valence-electron chi connectivity index (χ3n) is 2.43. The molecule has 0 amide bonds. The molecule has 0 radical (unpaired) electrons. The average molecular weight is 288 g/mol. The van der Waals surface area contributed by atoms with Gasteiger partial charge in [0.25, 0.3) is 0 Å². The Morgan fingerprint density at radius 3 is 2.79 bits per heavy atom. The molecule has 1 rings (SSSR count). The second kappa shape index (κ2) is 8.17. The monoisotopic (exact) mass is 287 g/mol. The number of hydrogen-bond acceptors (Lipinski definition) is 5. The molecule has 1 atom stereocenters.